The van der Waals surface area contributed by atoms with Gasteiger partial charge in [-0.3, -0.25) is 0 Å². The number of imidazole rings is 1. The third-order valence-electron chi connectivity index (χ3n) is 3.65. The summed E-state index contributed by atoms with van der Waals surface area (Å²) in [6, 6.07) is 12.2. The highest BCUT2D eigenvalue weighted by Gasteiger charge is 2.06. The molecule has 0 saturated carbocycles. The molecule has 0 fully saturated rings. The van der Waals surface area contributed by atoms with Gasteiger partial charge in [-0.25, -0.2) is 4.98 Å². The van der Waals surface area contributed by atoms with E-state index in [-0.39, 0.29) is 0 Å². The van der Waals surface area contributed by atoms with E-state index >= 15 is 0 Å². The Morgan fingerprint density at radius 3 is 2.95 bits per heavy atom. The fourth-order valence-electron chi connectivity index (χ4n) is 2.36. The summed E-state index contributed by atoms with van der Waals surface area (Å²) in [5, 5.41) is 3.13. The number of hydrogen-bond acceptors (Lipinski definition) is 3. The van der Waals surface area contributed by atoms with Gasteiger partial charge >= 0.3 is 0 Å². The zero-order valence-corrected chi connectivity index (χ0v) is 13.0. The summed E-state index contributed by atoms with van der Waals surface area (Å²) >= 11 is 0. The Hall–Kier alpha value is -2.49. The van der Waals surface area contributed by atoms with E-state index in [0.29, 0.717) is 0 Å². The first-order chi connectivity index (χ1) is 10.8. The molecule has 4 heteroatoms. The van der Waals surface area contributed by atoms with Gasteiger partial charge in [0.2, 0.25) is 0 Å². The van der Waals surface area contributed by atoms with Crippen molar-refractivity contribution in [2.75, 3.05) is 19.0 Å². The Balaban J connectivity index is 1.88. The van der Waals surface area contributed by atoms with Gasteiger partial charge in [0, 0.05) is 36.8 Å². The number of unbranched alkanes of at least 4 members (excludes halogenated alkanes) is 1. The first kappa shape index (κ1) is 14.4. The fraction of sp³-hybridized carbons (Fsp3) is 0.278. The number of hydrogen-bond donors (Lipinski definition) is 1. The van der Waals surface area contributed by atoms with Crippen LogP contribution in [0.25, 0.3) is 16.9 Å². The van der Waals surface area contributed by atoms with Gasteiger partial charge in [0.25, 0.3) is 0 Å². The van der Waals surface area contributed by atoms with E-state index in [2.05, 4.69) is 24.4 Å². The van der Waals surface area contributed by atoms with Crippen molar-refractivity contribution in [1.29, 1.82) is 0 Å². The number of rotatable bonds is 6. The Morgan fingerprint density at radius 2 is 2.14 bits per heavy atom. The summed E-state index contributed by atoms with van der Waals surface area (Å²) in [6.07, 6.45) is 6.27. The predicted octanol–water partition coefficient (Wildman–Crippen LogP) is 4.22. The van der Waals surface area contributed by atoms with Crippen LogP contribution in [0.4, 0.5) is 5.69 Å². The summed E-state index contributed by atoms with van der Waals surface area (Å²) in [6.45, 7) is 2.92. The second kappa shape index (κ2) is 6.52. The first-order valence-corrected chi connectivity index (χ1v) is 7.70. The first-order valence-electron chi connectivity index (χ1n) is 7.70. The van der Waals surface area contributed by atoms with Crippen molar-refractivity contribution in [2.45, 2.75) is 19.8 Å². The van der Waals surface area contributed by atoms with Crippen molar-refractivity contribution in [3.05, 3.63) is 48.8 Å². The van der Waals surface area contributed by atoms with E-state index in [4.69, 9.17) is 9.72 Å². The molecule has 0 saturated heterocycles. The van der Waals surface area contributed by atoms with Crippen LogP contribution in [0, 0.1) is 0 Å². The largest absolute Gasteiger partial charge is 0.494 e. The Bertz CT molecular complexity index is 764. The lowest BCUT2D eigenvalue weighted by Crippen LogP contribution is -1.96. The Kier molecular flexibility index (Phi) is 4.28. The second-order valence-electron chi connectivity index (χ2n) is 5.29. The van der Waals surface area contributed by atoms with Crippen LogP contribution in [0.5, 0.6) is 5.75 Å². The number of nitrogens with one attached hydrogen (secondary N) is 1. The van der Waals surface area contributed by atoms with Crippen LogP contribution in [0.15, 0.2) is 48.8 Å². The summed E-state index contributed by atoms with van der Waals surface area (Å²) in [7, 11) is 1.91. The third kappa shape index (κ3) is 3.06. The molecule has 1 aromatic carbocycles. The molecule has 0 aliphatic heterocycles. The highest BCUT2D eigenvalue weighted by molar-refractivity contribution is 5.66. The van der Waals surface area contributed by atoms with Crippen LogP contribution in [0.3, 0.4) is 0 Å². The van der Waals surface area contributed by atoms with Crippen LogP contribution in [0.1, 0.15) is 19.8 Å². The minimum atomic E-state index is 0.761. The molecule has 2 aromatic heterocycles. The molecule has 22 heavy (non-hydrogen) atoms. The van der Waals surface area contributed by atoms with Crippen LogP contribution in [-0.4, -0.2) is 23.0 Å². The molecule has 4 nitrogen and oxygen atoms in total. The molecule has 0 spiro atoms. The van der Waals surface area contributed by atoms with Crippen LogP contribution in [-0.2, 0) is 0 Å². The van der Waals surface area contributed by atoms with E-state index < -0.39 is 0 Å². The molecular weight excluding hydrogens is 274 g/mol. The molecule has 3 aromatic rings. The summed E-state index contributed by atoms with van der Waals surface area (Å²) in [5.41, 5.74) is 4.01. The van der Waals surface area contributed by atoms with Gasteiger partial charge in [0.05, 0.1) is 12.3 Å². The van der Waals surface area contributed by atoms with E-state index in [9.17, 15) is 0 Å². The maximum Gasteiger partial charge on any atom is 0.139 e. The van der Waals surface area contributed by atoms with E-state index in [1.165, 1.54) is 0 Å². The van der Waals surface area contributed by atoms with Crippen LogP contribution >= 0.6 is 0 Å². The minimum absolute atomic E-state index is 0.761. The second-order valence-corrected chi connectivity index (χ2v) is 5.29. The van der Waals surface area contributed by atoms with Gasteiger partial charge < -0.3 is 14.5 Å². The highest BCUT2D eigenvalue weighted by atomic mass is 16.5. The average molecular weight is 295 g/mol. The standard InChI is InChI=1S/C18H21N3O/c1-3-4-10-22-16-7-5-6-14(11-16)17-13-21-9-8-15(19-2)12-18(21)20-17/h5-9,11-13,19H,3-4,10H2,1-2H3. The maximum absolute atomic E-state index is 5.77. The molecule has 0 amide bonds. The number of aromatic nitrogens is 2. The number of fused-ring (bicyclic) bond motifs is 1. The number of benzene rings is 1. The summed E-state index contributed by atoms with van der Waals surface area (Å²) in [5.74, 6) is 0.902. The monoisotopic (exact) mass is 295 g/mol. The molecule has 0 aliphatic carbocycles. The molecule has 3 rings (SSSR count). The molecule has 1 N–H and O–H groups in total. The van der Waals surface area contributed by atoms with Gasteiger partial charge in [0.15, 0.2) is 0 Å². The van der Waals surface area contributed by atoms with E-state index in [1.54, 1.807) is 0 Å². The van der Waals surface area contributed by atoms with Crippen molar-refractivity contribution < 1.29 is 4.74 Å². The smallest absolute Gasteiger partial charge is 0.139 e. The molecule has 0 aliphatic rings. The summed E-state index contributed by atoms with van der Waals surface area (Å²) in [4.78, 5) is 4.70. The van der Waals surface area contributed by atoms with Crippen molar-refractivity contribution in [3.63, 3.8) is 0 Å². The molecule has 0 radical (unpaired) electrons. The van der Waals surface area contributed by atoms with Gasteiger partial charge in [-0.05, 0) is 24.6 Å². The van der Waals surface area contributed by atoms with Crippen molar-refractivity contribution in [3.8, 4) is 17.0 Å². The predicted molar refractivity (Wildman–Crippen MR) is 90.6 cm³/mol. The van der Waals surface area contributed by atoms with E-state index in [0.717, 1.165) is 47.8 Å². The topological polar surface area (TPSA) is 38.6 Å². The Morgan fingerprint density at radius 1 is 1.23 bits per heavy atom. The maximum atomic E-state index is 5.77. The van der Waals surface area contributed by atoms with Crippen LogP contribution < -0.4 is 10.1 Å². The number of pyridine rings is 1. The summed E-state index contributed by atoms with van der Waals surface area (Å²) < 4.78 is 7.80. The molecule has 0 bridgehead atoms. The number of anilines is 1. The normalized spacial score (nSPS) is 10.8. The van der Waals surface area contributed by atoms with Crippen molar-refractivity contribution in [2.24, 2.45) is 0 Å². The molecule has 0 atom stereocenters. The lowest BCUT2D eigenvalue weighted by Gasteiger charge is -2.06. The highest BCUT2D eigenvalue weighted by Crippen LogP contribution is 2.24. The van der Waals surface area contributed by atoms with E-state index in [1.807, 2.05) is 48.1 Å². The third-order valence-corrected chi connectivity index (χ3v) is 3.65. The quantitative estimate of drug-likeness (QED) is 0.692. The molecule has 0 unspecified atom stereocenters. The van der Waals surface area contributed by atoms with Gasteiger partial charge in [-0.1, -0.05) is 25.5 Å². The fourth-order valence-corrected chi connectivity index (χ4v) is 2.36. The van der Waals surface area contributed by atoms with Gasteiger partial charge in [-0.2, -0.15) is 0 Å². The van der Waals surface area contributed by atoms with Crippen LogP contribution in [0.2, 0.25) is 0 Å². The molecule has 2 heterocycles. The lowest BCUT2D eigenvalue weighted by molar-refractivity contribution is 0.309. The van der Waals surface area contributed by atoms with Crippen molar-refractivity contribution >= 4 is 11.3 Å². The minimum Gasteiger partial charge on any atom is -0.494 e. The Labute approximate surface area is 130 Å². The van der Waals surface area contributed by atoms with Crippen molar-refractivity contribution in [1.82, 2.24) is 9.38 Å². The lowest BCUT2D eigenvalue weighted by atomic mass is 10.1. The average Bonchev–Trinajstić information content (AvgIpc) is 2.98. The SMILES string of the molecule is CCCCOc1cccc(-c2cn3ccc(NC)cc3n2)c1. The van der Waals surface area contributed by atoms with Gasteiger partial charge in [0.1, 0.15) is 11.4 Å². The number of ether oxygens (including phenoxy) is 1. The zero-order chi connectivity index (χ0) is 15.4. The molecular formula is C18H21N3O. The molecule has 114 valence electrons. The number of nitrogens with zero attached hydrogens (tertiary/aromatic N) is 2. The zero-order valence-electron chi connectivity index (χ0n) is 13.0. The van der Waals surface area contributed by atoms with Gasteiger partial charge in [-0.15, -0.1) is 0 Å².